The second-order valence-electron chi connectivity index (χ2n) is 9.38. The first kappa shape index (κ1) is 25.0. The van der Waals surface area contributed by atoms with Crippen LogP contribution in [0.3, 0.4) is 0 Å². The lowest BCUT2D eigenvalue weighted by atomic mass is 9.98. The van der Waals surface area contributed by atoms with E-state index in [1.54, 1.807) is 0 Å². The van der Waals surface area contributed by atoms with Gasteiger partial charge in [0, 0.05) is 18.5 Å². The lowest BCUT2D eigenvalue weighted by Gasteiger charge is -2.23. The summed E-state index contributed by atoms with van der Waals surface area (Å²) in [6, 6.07) is 17.3. The Morgan fingerprint density at radius 2 is 1.81 bits per heavy atom. The molecule has 0 aliphatic heterocycles. The van der Waals surface area contributed by atoms with E-state index in [-0.39, 0.29) is 11.1 Å². The van der Waals surface area contributed by atoms with E-state index in [9.17, 15) is 0 Å². The number of benzene rings is 2. The zero-order valence-electron chi connectivity index (χ0n) is 20.3. The molecule has 0 heterocycles. The van der Waals surface area contributed by atoms with E-state index >= 15 is 0 Å². The summed E-state index contributed by atoms with van der Waals surface area (Å²) < 4.78 is 6.50. The van der Waals surface area contributed by atoms with Crippen molar-refractivity contribution in [3.05, 3.63) is 77.4 Å². The second kappa shape index (κ2) is 11.9. The van der Waals surface area contributed by atoms with Crippen molar-refractivity contribution in [1.29, 1.82) is 0 Å². The van der Waals surface area contributed by atoms with Gasteiger partial charge >= 0.3 is 0 Å². The molecule has 2 nitrogen and oxygen atoms in total. The number of aryl methyl sites for hydroxylation is 1. The molecular formula is C28H38NOSi. The van der Waals surface area contributed by atoms with Gasteiger partial charge in [-0.3, -0.25) is 4.90 Å². The fraction of sp³-hybridized carbons (Fsp3) is 0.429. The highest BCUT2D eigenvalue weighted by Gasteiger charge is 2.19. The van der Waals surface area contributed by atoms with Crippen LogP contribution >= 0.6 is 0 Å². The number of hydrogen-bond donors (Lipinski definition) is 0. The molecule has 2 rings (SSSR count). The van der Waals surface area contributed by atoms with Crippen LogP contribution in [-0.2, 0) is 6.54 Å². The quantitative estimate of drug-likeness (QED) is 0.318. The summed E-state index contributed by atoms with van der Waals surface area (Å²) in [5, 5.41) is 0. The van der Waals surface area contributed by atoms with Crippen LogP contribution in [0.4, 0.5) is 0 Å². The van der Waals surface area contributed by atoms with Crippen LogP contribution in [0.2, 0.25) is 13.1 Å². The molecule has 0 saturated carbocycles. The standard InChI is InChI=1S/C28H38NOSi/c1-8-29(20-11-9-10-19-28(3,4)5)22-24-13-12-14-26(21-24)30-27(31(6)7)25-17-15-23(2)16-18-25/h9,11-18,21,27H,8,20,22H2,1-7H3. The largest absolute Gasteiger partial charge is 0.490 e. The summed E-state index contributed by atoms with van der Waals surface area (Å²) in [5.41, 5.74) is 4.02. The lowest BCUT2D eigenvalue weighted by molar-refractivity contribution is 0.278. The Labute approximate surface area is 191 Å². The number of likely N-dealkylation sites (N-methyl/N-ethyl adjacent to an activating group) is 1. The Bertz CT molecular complexity index is 897. The fourth-order valence-electron chi connectivity index (χ4n) is 3.20. The summed E-state index contributed by atoms with van der Waals surface area (Å²) in [5.74, 6) is 7.36. The first-order chi connectivity index (χ1) is 14.7. The molecule has 0 aromatic heterocycles. The highest BCUT2D eigenvalue weighted by molar-refractivity contribution is 6.57. The Balaban J connectivity index is 2.04. The minimum atomic E-state index is -0.658. The second-order valence-corrected chi connectivity index (χ2v) is 12.1. The van der Waals surface area contributed by atoms with Gasteiger partial charge in [0.15, 0.2) is 0 Å². The molecule has 1 unspecified atom stereocenters. The molecule has 0 bridgehead atoms. The molecule has 0 saturated heterocycles. The van der Waals surface area contributed by atoms with Crippen molar-refractivity contribution in [1.82, 2.24) is 4.90 Å². The van der Waals surface area contributed by atoms with Crippen molar-refractivity contribution < 1.29 is 4.74 Å². The molecule has 0 N–H and O–H groups in total. The van der Waals surface area contributed by atoms with Gasteiger partial charge in [-0.15, -0.1) is 0 Å². The molecule has 165 valence electrons. The summed E-state index contributed by atoms with van der Waals surface area (Å²) >= 11 is 0. The summed E-state index contributed by atoms with van der Waals surface area (Å²) in [6.07, 6.45) is 4.13. The summed E-state index contributed by atoms with van der Waals surface area (Å²) in [6.45, 7) is 18.1. The first-order valence-corrected chi connectivity index (χ1v) is 13.8. The van der Waals surface area contributed by atoms with E-state index in [0.717, 1.165) is 25.4 Å². The van der Waals surface area contributed by atoms with Crippen LogP contribution in [0.15, 0.2) is 60.7 Å². The molecular weight excluding hydrogens is 394 g/mol. The fourth-order valence-corrected chi connectivity index (χ4v) is 4.43. The van der Waals surface area contributed by atoms with E-state index in [0.29, 0.717) is 0 Å². The topological polar surface area (TPSA) is 12.5 Å². The first-order valence-electron chi connectivity index (χ1n) is 11.2. The molecule has 0 spiro atoms. The molecule has 1 atom stereocenters. The third-order valence-corrected chi connectivity index (χ3v) is 6.42. The zero-order chi connectivity index (χ0) is 22.9. The van der Waals surface area contributed by atoms with Crippen LogP contribution in [0, 0.1) is 24.2 Å². The third-order valence-electron chi connectivity index (χ3n) is 4.92. The molecule has 0 amide bonds. The van der Waals surface area contributed by atoms with E-state index in [1.807, 2.05) is 6.08 Å². The molecule has 1 radical (unpaired) electrons. The van der Waals surface area contributed by atoms with Crippen LogP contribution in [0.5, 0.6) is 5.75 Å². The van der Waals surface area contributed by atoms with Crippen LogP contribution in [0.25, 0.3) is 0 Å². The molecule has 2 aromatic carbocycles. The number of rotatable bonds is 9. The zero-order valence-corrected chi connectivity index (χ0v) is 21.3. The van der Waals surface area contributed by atoms with Crippen molar-refractivity contribution in [2.75, 3.05) is 13.1 Å². The monoisotopic (exact) mass is 432 g/mol. The number of hydrogen-bond acceptors (Lipinski definition) is 2. The highest BCUT2D eigenvalue weighted by atomic mass is 28.3. The Morgan fingerprint density at radius 3 is 2.42 bits per heavy atom. The Hall–Kier alpha value is -2.28. The maximum absolute atomic E-state index is 6.50. The van der Waals surface area contributed by atoms with Crippen LogP contribution in [-0.4, -0.2) is 26.8 Å². The van der Waals surface area contributed by atoms with Gasteiger partial charge in [0.25, 0.3) is 0 Å². The van der Waals surface area contributed by atoms with Crippen LogP contribution in [0.1, 0.15) is 50.1 Å². The van der Waals surface area contributed by atoms with E-state index in [2.05, 4.69) is 119 Å². The van der Waals surface area contributed by atoms with Gasteiger partial charge in [-0.05, 0) is 63.6 Å². The molecule has 0 fully saturated rings. The van der Waals surface area contributed by atoms with E-state index < -0.39 is 8.80 Å². The predicted octanol–water partition coefficient (Wildman–Crippen LogP) is 6.84. The van der Waals surface area contributed by atoms with Gasteiger partial charge in [-0.25, -0.2) is 0 Å². The van der Waals surface area contributed by atoms with Crippen molar-refractivity contribution >= 4 is 8.80 Å². The third kappa shape index (κ3) is 9.17. The molecule has 31 heavy (non-hydrogen) atoms. The number of nitrogens with zero attached hydrogens (tertiary/aromatic N) is 1. The summed E-state index contributed by atoms with van der Waals surface area (Å²) in [4.78, 5) is 2.40. The highest BCUT2D eigenvalue weighted by Crippen LogP contribution is 2.26. The Morgan fingerprint density at radius 1 is 1.10 bits per heavy atom. The van der Waals surface area contributed by atoms with Gasteiger partial charge in [0.05, 0.1) is 0 Å². The van der Waals surface area contributed by atoms with E-state index in [4.69, 9.17) is 4.74 Å². The molecule has 0 aliphatic carbocycles. The van der Waals surface area contributed by atoms with Crippen LogP contribution < -0.4 is 4.74 Å². The van der Waals surface area contributed by atoms with Crippen molar-refractivity contribution in [3.63, 3.8) is 0 Å². The van der Waals surface area contributed by atoms with Gasteiger partial charge in [0.2, 0.25) is 0 Å². The Kier molecular flexibility index (Phi) is 9.62. The number of allylic oxidation sites excluding steroid dienone is 1. The molecule has 3 heteroatoms. The minimum absolute atomic E-state index is 0.0454. The molecule has 2 aromatic rings. The van der Waals surface area contributed by atoms with Crippen molar-refractivity contribution in [3.8, 4) is 17.6 Å². The minimum Gasteiger partial charge on any atom is -0.490 e. The van der Waals surface area contributed by atoms with Gasteiger partial charge in [-0.1, -0.05) is 79.9 Å². The lowest BCUT2D eigenvalue weighted by Crippen LogP contribution is -2.23. The van der Waals surface area contributed by atoms with Gasteiger partial charge in [0.1, 0.15) is 20.3 Å². The maximum Gasteiger partial charge on any atom is 0.120 e. The average Bonchev–Trinajstić information content (AvgIpc) is 2.71. The van der Waals surface area contributed by atoms with Gasteiger partial charge in [-0.2, -0.15) is 0 Å². The maximum atomic E-state index is 6.50. The van der Waals surface area contributed by atoms with Crippen molar-refractivity contribution in [2.45, 2.75) is 60.0 Å². The van der Waals surface area contributed by atoms with Gasteiger partial charge < -0.3 is 4.74 Å². The molecule has 0 aliphatic rings. The number of ether oxygens (including phenoxy) is 1. The normalized spacial score (nSPS) is 12.8. The predicted molar refractivity (Wildman–Crippen MR) is 136 cm³/mol. The van der Waals surface area contributed by atoms with Crippen molar-refractivity contribution in [2.24, 2.45) is 5.41 Å². The average molecular weight is 433 g/mol. The van der Waals surface area contributed by atoms with E-state index in [1.165, 1.54) is 16.7 Å². The summed E-state index contributed by atoms with van der Waals surface area (Å²) in [7, 11) is -0.658. The smallest absolute Gasteiger partial charge is 0.120 e. The SMILES string of the molecule is CCN(CC=CC#CC(C)(C)C)Cc1cccc(OC(c2ccc(C)cc2)[Si](C)C)c1.